The van der Waals surface area contributed by atoms with Crippen molar-refractivity contribution in [1.82, 2.24) is 9.88 Å². The normalized spacial score (nSPS) is 10.7. The van der Waals surface area contributed by atoms with Gasteiger partial charge in [-0.1, -0.05) is 25.4 Å². The van der Waals surface area contributed by atoms with Gasteiger partial charge in [0.05, 0.1) is 9.95 Å². The molecule has 19 heavy (non-hydrogen) atoms. The van der Waals surface area contributed by atoms with Crippen molar-refractivity contribution in [3.63, 3.8) is 0 Å². The Labute approximate surface area is 117 Å². The molecule has 0 saturated heterocycles. The Hall–Kier alpha value is -1.40. The standard InChI is InChI=1S/C12H19ClN4O2/c1-3-16(4-2)7-5-6-14-12-11(17(18)19)8-10(13)9-15-12/h8-9H,3-7H2,1-2H3,(H,14,15). The van der Waals surface area contributed by atoms with E-state index in [1.165, 1.54) is 12.3 Å². The van der Waals surface area contributed by atoms with Crippen molar-refractivity contribution in [1.29, 1.82) is 0 Å². The second kappa shape index (κ2) is 7.91. The van der Waals surface area contributed by atoms with E-state index in [-0.39, 0.29) is 16.5 Å². The summed E-state index contributed by atoms with van der Waals surface area (Å²) in [4.78, 5) is 16.6. The Morgan fingerprint density at radius 3 is 2.74 bits per heavy atom. The van der Waals surface area contributed by atoms with Gasteiger partial charge in [-0.2, -0.15) is 0 Å². The molecule has 0 spiro atoms. The number of hydrogen-bond donors (Lipinski definition) is 1. The number of rotatable bonds is 8. The number of pyridine rings is 1. The fourth-order valence-corrected chi connectivity index (χ4v) is 1.91. The van der Waals surface area contributed by atoms with Gasteiger partial charge < -0.3 is 10.2 Å². The van der Waals surface area contributed by atoms with E-state index in [0.717, 1.165) is 26.1 Å². The van der Waals surface area contributed by atoms with Crippen LogP contribution in [0.3, 0.4) is 0 Å². The number of nitrogens with zero attached hydrogens (tertiary/aromatic N) is 3. The van der Waals surface area contributed by atoms with Crippen molar-refractivity contribution in [3.8, 4) is 0 Å². The molecule has 0 aliphatic rings. The van der Waals surface area contributed by atoms with Gasteiger partial charge in [0.25, 0.3) is 0 Å². The first-order chi connectivity index (χ1) is 9.08. The first-order valence-corrected chi connectivity index (χ1v) is 6.72. The van der Waals surface area contributed by atoms with Crippen molar-refractivity contribution in [2.24, 2.45) is 0 Å². The maximum absolute atomic E-state index is 10.9. The maximum atomic E-state index is 10.9. The number of nitro groups is 1. The summed E-state index contributed by atoms with van der Waals surface area (Å²) < 4.78 is 0. The van der Waals surface area contributed by atoms with E-state index in [1.54, 1.807) is 0 Å². The van der Waals surface area contributed by atoms with Crippen LogP contribution in [0, 0.1) is 10.1 Å². The summed E-state index contributed by atoms with van der Waals surface area (Å²) in [6, 6.07) is 1.31. The number of halogens is 1. The van der Waals surface area contributed by atoms with Crippen LogP contribution >= 0.6 is 11.6 Å². The molecule has 0 fully saturated rings. The van der Waals surface area contributed by atoms with Gasteiger partial charge in [-0.15, -0.1) is 0 Å². The molecule has 7 heteroatoms. The third-order valence-electron chi connectivity index (χ3n) is 2.87. The van der Waals surface area contributed by atoms with Crippen LogP contribution in [-0.2, 0) is 0 Å². The fourth-order valence-electron chi connectivity index (χ4n) is 1.75. The average Bonchev–Trinajstić information content (AvgIpc) is 2.40. The van der Waals surface area contributed by atoms with Gasteiger partial charge in [0.2, 0.25) is 5.82 Å². The van der Waals surface area contributed by atoms with Gasteiger partial charge in [-0.05, 0) is 26.1 Å². The van der Waals surface area contributed by atoms with Crippen molar-refractivity contribution in [2.75, 3.05) is 31.5 Å². The highest BCUT2D eigenvalue weighted by Crippen LogP contribution is 2.24. The molecule has 6 nitrogen and oxygen atoms in total. The summed E-state index contributed by atoms with van der Waals surface area (Å²) >= 11 is 5.70. The SMILES string of the molecule is CCN(CC)CCCNc1ncc(Cl)cc1[N+](=O)[O-]. The second-order valence-electron chi connectivity index (χ2n) is 4.09. The van der Waals surface area contributed by atoms with Crippen LogP contribution in [0.25, 0.3) is 0 Å². The molecule has 0 aromatic carbocycles. The average molecular weight is 287 g/mol. The zero-order valence-corrected chi connectivity index (χ0v) is 12.0. The number of aromatic nitrogens is 1. The van der Waals surface area contributed by atoms with Crippen LogP contribution in [0.4, 0.5) is 11.5 Å². The maximum Gasteiger partial charge on any atom is 0.312 e. The second-order valence-corrected chi connectivity index (χ2v) is 4.52. The third-order valence-corrected chi connectivity index (χ3v) is 3.08. The highest BCUT2D eigenvalue weighted by Gasteiger charge is 2.15. The van der Waals surface area contributed by atoms with Crippen LogP contribution in [0.15, 0.2) is 12.3 Å². The van der Waals surface area contributed by atoms with Crippen molar-refractivity contribution >= 4 is 23.1 Å². The quantitative estimate of drug-likeness (QED) is 0.452. The summed E-state index contributed by atoms with van der Waals surface area (Å²) in [5, 5.41) is 14.1. The summed E-state index contributed by atoms with van der Waals surface area (Å²) in [6.07, 6.45) is 2.31. The van der Waals surface area contributed by atoms with Gasteiger partial charge in [0.1, 0.15) is 0 Å². The molecule has 0 unspecified atom stereocenters. The van der Waals surface area contributed by atoms with Gasteiger partial charge in [-0.25, -0.2) is 4.98 Å². The summed E-state index contributed by atoms with van der Waals surface area (Å²) in [5.41, 5.74) is -0.0876. The molecule has 1 N–H and O–H groups in total. The molecule has 1 aromatic rings. The Kier molecular flexibility index (Phi) is 6.52. The predicted molar refractivity (Wildman–Crippen MR) is 76.8 cm³/mol. The van der Waals surface area contributed by atoms with E-state index in [0.29, 0.717) is 6.54 Å². The van der Waals surface area contributed by atoms with E-state index in [1.807, 2.05) is 0 Å². The summed E-state index contributed by atoms with van der Waals surface area (Å²) in [6.45, 7) is 7.85. The molecule has 0 bridgehead atoms. The molecular weight excluding hydrogens is 268 g/mol. The van der Waals surface area contributed by atoms with Crippen LogP contribution in [-0.4, -0.2) is 41.0 Å². The molecule has 0 aliphatic carbocycles. The van der Waals surface area contributed by atoms with E-state index < -0.39 is 4.92 Å². The highest BCUT2D eigenvalue weighted by molar-refractivity contribution is 6.30. The summed E-state index contributed by atoms with van der Waals surface area (Å²) in [7, 11) is 0. The van der Waals surface area contributed by atoms with Crippen LogP contribution < -0.4 is 5.32 Å². The molecule has 1 rings (SSSR count). The topological polar surface area (TPSA) is 71.3 Å². The smallest absolute Gasteiger partial charge is 0.312 e. The molecule has 1 aromatic heterocycles. The van der Waals surface area contributed by atoms with E-state index in [9.17, 15) is 10.1 Å². The molecular formula is C12H19ClN4O2. The monoisotopic (exact) mass is 286 g/mol. The minimum absolute atomic E-state index is 0.0876. The van der Waals surface area contributed by atoms with E-state index in [2.05, 4.69) is 29.0 Å². The molecule has 0 atom stereocenters. The largest absolute Gasteiger partial charge is 0.364 e. The lowest BCUT2D eigenvalue weighted by Crippen LogP contribution is -2.25. The highest BCUT2D eigenvalue weighted by atomic mass is 35.5. The molecule has 0 saturated carbocycles. The number of hydrogen-bond acceptors (Lipinski definition) is 5. The lowest BCUT2D eigenvalue weighted by molar-refractivity contribution is -0.384. The zero-order valence-electron chi connectivity index (χ0n) is 11.2. The minimum Gasteiger partial charge on any atom is -0.364 e. The van der Waals surface area contributed by atoms with E-state index in [4.69, 9.17) is 11.6 Å². The van der Waals surface area contributed by atoms with Crippen molar-refractivity contribution < 1.29 is 4.92 Å². The van der Waals surface area contributed by atoms with Crippen LogP contribution in [0.5, 0.6) is 0 Å². The molecule has 0 amide bonds. The first-order valence-electron chi connectivity index (χ1n) is 6.34. The van der Waals surface area contributed by atoms with E-state index >= 15 is 0 Å². The van der Waals surface area contributed by atoms with Gasteiger partial charge in [0, 0.05) is 18.8 Å². The van der Waals surface area contributed by atoms with Crippen LogP contribution in [0.2, 0.25) is 5.02 Å². The van der Waals surface area contributed by atoms with Crippen LogP contribution in [0.1, 0.15) is 20.3 Å². The third kappa shape index (κ3) is 5.00. The number of anilines is 1. The Morgan fingerprint density at radius 1 is 1.47 bits per heavy atom. The van der Waals surface area contributed by atoms with Gasteiger partial charge in [-0.3, -0.25) is 10.1 Å². The Balaban J connectivity index is 2.51. The summed E-state index contributed by atoms with van der Waals surface area (Å²) in [5.74, 6) is 0.272. The molecule has 0 aliphatic heterocycles. The molecule has 1 heterocycles. The first kappa shape index (κ1) is 15.7. The van der Waals surface area contributed by atoms with Crippen molar-refractivity contribution in [2.45, 2.75) is 20.3 Å². The zero-order chi connectivity index (χ0) is 14.3. The van der Waals surface area contributed by atoms with Gasteiger partial charge in [0.15, 0.2) is 0 Å². The lowest BCUT2D eigenvalue weighted by Gasteiger charge is -2.17. The molecule has 106 valence electrons. The minimum atomic E-state index is -0.481. The number of nitrogens with one attached hydrogen (secondary N) is 1. The van der Waals surface area contributed by atoms with Crippen molar-refractivity contribution in [3.05, 3.63) is 27.4 Å². The Bertz CT molecular complexity index is 424. The lowest BCUT2D eigenvalue weighted by atomic mass is 10.3. The molecule has 0 radical (unpaired) electrons. The Morgan fingerprint density at radius 2 is 2.16 bits per heavy atom. The predicted octanol–water partition coefficient (Wildman–Crippen LogP) is 2.79. The fraction of sp³-hybridized carbons (Fsp3) is 0.583. The van der Waals surface area contributed by atoms with Gasteiger partial charge >= 0.3 is 5.69 Å².